The van der Waals surface area contributed by atoms with Crippen molar-refractivity contribution in [2.75, 3.05) is 0 Å². The van der Waals surface area contributed by atoms with E-state index in [4.69, 9.17) is 0 Å². The first-order valence-corrected chi connectivity index (χ1v) is 5.84. The van der Waals surface area contributed by atoms with Gasteiger partial charge in [-0.3, -0.25) is 0 Å². The average molecular weight is 184 g/mol. The van der Waals surface area contributed by atoms with Gasteiger partial charge in [-0.25, -0.2) is 0 Å². The van der Waals surface area contributed by atoms with Crippen molar-refractivity contribution in [3.63, 3.8) is 0 Å². The van der Waals surface area contributed by atoms with Gasteiger partial charge in [0.25, 0.3) is 0 Å². The summed E-state index contributed by atoms with van der Waals surface area (Å²) in [5, 5.41) is 10.4. The van der Waals surface area contributed by atoms with Gasteiger partial charge < -0.3 is 5.11 Å². The van der Waals surface area contributed by atoms with Crippen LogP contribution < -0.4 is 0 Å². The van der Waals surface area contributed by atoms with Crippen molar-refractivity contribution < 1.29 is 5.11 Å². The Balaban J connectivity index is 2.37. The Morgan fingerprint density at radius 1 is 1.38 bits per heavy atom. The molecule has 1 aliphatic carbocycles. The van der Waals surface area contributed by atoms with Gasteiger partial charge in [0.1, 0.15) is 0 Å². The Kier molecular flexibility index (Phi) is 3.78. The van der Waals surface area contributed by atoms with Gasteiger partial charge in [-0.15, -0.1) is 0 Å². The third-order valence-electron chi connectivity index (χ3n) is 3.43. The number of hydrogen-bond donors (Lipinski definition) is 1. The summed E-state index contributed by atoms with van der Waals surface area (Å²) in [6, 6.07) is 0. The predicted molar refractivity (Wildman–Crippen MR) is 56.7 cm³/mol. The summed E-state index contributed by atoms with van der Waals surface area (Å²) >= 11 is 0. The Morgan fingerprint density at radius 2 is 2.00 bits per heavy atom. The van der Waals surface area contributed by atoms with Crippen LogP contribution in [0.4, 0.5) is 0 Å². The van der Waals surface area contributed by atoms with Gasteiger partial charge in [0.15, 0.2) is 0 Å². The maximum atomic E-state index is 10.4. The van der Waals surface area contributed by atoms with Crippen molar-refractivity contribution in [2.24, 2.45) is 11.8 Å². The average Bonchev–Trinajstić information content (AvgIpc) is 2.86. The Morgan fingerprint density at radius 3 is 2.38 bits per heavy atom. The first-order chi connectivity index (χ1) is 6.12. The molecule has 0 aromatic heterocycles. The minimum Gasteiger partial charge on any atom is -0.390 e. The predicted octanol–water partition coefficient (Wildman–Crippen LogP) is 3.36. The highest BCUT2D eigenvalue weighted by molar-refractivity contribution is 4.94. The molecule has 1 nitrogen and oxygen atoms in total. The molecule has 1 rings (SSSR count). The third kappa shape index (κ3) is 2.98. The van der Waals surface area contributed by atoms with Crippen LogP contribution in [0.25, 0.3) is 0 Å². The van der Waals surface area contributed by atoms with Crippen LogP contribution in [0.1, 0.15) is 59.3 Å². The fourth-order valence-electron chi connectivity index (χ4n) is 2.42. The van der Waals surface area contributed by atoms with E-state index >= 15 is 0 Å². The summed E-state index contributed by atoms with van der Waals surface area (Å²) in [5.74, 6) is 1.31. The van der Waals surface area contributed by atoms with Gasteiger partial charge in [0.2, 0.25) is 0 Å². The van der Waals surface area contributed by atoms with Crippen LogP contribution in [-0.2, 0) is 0 Å². The Labute approximate surface area is 82.5 Å². The van der Waals surface area contributed by atoms with Crippen molar-refractivity contribution in [1.82, 2.24) is 0 Å². The minimum absolute atomic E-state index is 0.325. The molecule has 1 aliphatic rings. The fraction of sp³-hybridized carbons (Fsp3) is 1.00. The topological polar surface area (TPSA) is 20.2 Å². The molecule has 0 spiro atoms. The van der Waals surface area contributed by atoms with Crippen LogP contribution in [0.15, 0.2) is 0 Å². The van der Waals surface area contributed by atoms with Gasteiger partial charge in [0, 0.05) is 0 Å². The van der Waals surface area contributed by atoms with E-state index in [-0.39, 0.29) is 5.60 Å². The van der Waals surface area contributed by atoms with Gasteiger partial charge in [-0.05, 0) is 37.5 Å². The van der Waals surface area contributed by atoms with Crippen LogP contribution in [0.3, 0.4) is 0 Å². The zero-order valence-corrected chi connectivity index (χ0v) is 9.34. The summed E-state index contributed by atoms with van der Waals surface area (Å²) in [7, 11) is 0. The van der Waals surface area contributed by atoms with Crippen molar-refractivity contribution in [3.05, 3.63) is 0 Å². The molecule has 78 valence electrons. The van der Waals surface area contributed by atoms with Crippen LogP contribution >= 0.6 is 0 Å². The van der Waals surface area contributed by atoms with E-state index in [0.717, 1.165) is 12.8 Å². The van der Waals surface area contributed by atoms with Gasteiger partial charge in [-0.2, -0.15) is 0 Å². The molecule has 0 saturated heterocycles. The molecule has 13 heavy (non-hydrogen) atoms. The number of rotatable bonds is 6. The van der Waals surface area contributed by atoms with Crippen molar-refractivity contribution in [2.45, 2.75) is 64.9 Å². The first kappa shape index (κ1) is 11.0. The van der Waals surface area contributed by atoms with Crippen molar-refractivity contribution in [1.29, 1.82) is 0 Å². The molecule has 0 aromatic rings. The molecule has 2 unspecified atom stereocenters. The first-order valence-electron chi connectivity index (χ1n) is 5.84. The second kappa shape index (κ2) is 4.45. The fourth-order valence-corrected chi connectivity index (χ4v) is 2.42. The smallest absolute Gasteiger partial charge is 0.0675 e. The van der Waals surface area contributed by atoms with E-state index in [1.54, 1.807) is 0 Å². The van der Waals surface area contributed by atoms with Crippen LogP contribution in [0.2, 0.25) is 0 Å². The zero-order valence-electron chi connectivity index (χ0n) is 9.34. The lowest BCUT2D eigenvalue weighted by molar-refractivity contribution is -0.00863. The minimum atomic E-state index is -0.325. The molecule has 1 N–H and O–H groups in total. The maximum absolute atomic E-state index is 10.4. The molecule has 0 aromatic carbocycles. The van der Waals surface area contributed by atoms with Crippen molar-refractivity contribution >= 4 is 0 Å². The molecule has 1 heteroatoms. The normalized spacial score (nSPS) is 24.0. The molecule has 0 radical (unpaired) electrons. The summed E-state index contributed by atoms with van der Waals surface area (Å²) in [6.45, 7) is 6.61. The standard InChI is InChI=1S/C12H24O/c1-4-6-10(3)9-12(13,5-2)11-7-8-11/h10-11,13H,4-9H2,1-3H3. The van der Waals surface area contributed by atoms with Gasteiger partial charge in [0.05, 0.1) is 5.60 Å². The second-order valence-corrected chi connectivity index (χ2v) is 4.83. The highest BCUT2D eigenvalue weighted by Crippen LogP contribution is 2.45. The van der Waals surface area contributed by atoms with Crippen molar-refractivity contribution in [3.8, 4) is 0 Å². The Hall–Kier alpha value is -0.0400. The quantitative estimate of drug-likeness (QED) is 0.671. The lowest BCUT2D eigenvalue weighted by atomic mass is 9.83. The third-order valence-corrected chi connectivity index (χ3v) is 3.43. The molecule has 1 saturated carbocycles. The molecule has 0 heterocycles. The van der Waals surface area contributed by atoms with E-state index in [1.165, 1.54) is 25.7 Å². The summed E-state index contributed by atoms with van der Waals surface area (Å²) in [5.41, 5.74) is -0.325. The summed E-state index contributed by atoms with van der Waals surface area (Å²) in [4.78, 5) is 0. The molecule has 2 atom stereocenters. The second-order valence-electron chi connectivity index (χ2n) is 4.83. The Bertz CT molecular complexity index is 151. The molecular formula is C12H24O. The number of aliphatic hydroxyl groups is 1. The summed E-state index contributed by atoms with van der Waals surface area (Å²) in [6.07, 6.45) is 6.96. The lowest BCUT2D eigenvalue weighted by Crippen LogP contribution is -2.32. The molecule has 0 aliphatic heterocycles. The summed E-state index contributed by atoms with van der Waals surface area (Å²) < 4.78 is 0. The van der Waals surface area contributed by atoms with Crippen LogP contribution in [-0.4, -0.2) is 10.7 Å². The van der Waals surface area contributed by atoms with E-state index in [1.807, 2.05) is 0 Å². The van der Waals surface area contributed by atoms with Gasteiger partial charge in [-0.1, -0.05) is 33.6 Å². The molecular weight excluding hydrogens is 160 g/mol. The number of hydrogen-bond acceptors (Lipinski definition) is 1. The SMILES string of the molecule is CCCC(C)CC(O)(CC)C1CC1. The lowest BCUT2D eigenvalue weighted by Gasteiger charge is -2.29. The highest BCUT2D eigenvalue weighted by Gasteiger charge is 2.42. The van der Waals surface area contributed by atoms with E-state index in [2.05, 4.69) is 20.8 Å². The van der Waals surface area contributed by atoms with E-state index < -0.39 is 0 Å². The molecule has 1 fully saturated rings. The highest BCUT2D eigenvalue weighted by atomic mass is 16.3. The van der Waals surface area contributed by atoms with Crippen LogP contribution in [0.5, 0.6) is 0 Å². The van der Waals surface area contributed by atoms with Gasteiger partial charge >= 0.3 is 0 Å². The molecule has 0 amide bonds. The maximum Gasteiger partial charge on any atom is 0.0675 e. The largest absolute Gasteiger partial charge is 0.390 e. The molecule has 0 bridgehead atoms. The van der Waals surface area contributed by atoms with E-state index in [9.17, 15) is 5.11 Å². The van der Waals surface area contributed by atoms with E-state index in [0.29, 0.717) is 11.8 Å². The monoisotopic (exact) mass is 184 g/mol. The van der Waals surface area contributed by atoms with Crippen LogP contribution in [0, 0.1) is 11.8 Å². The zero-order chi connectivity index (χ0) is 9.90.